The van der Waals surface area contributed by atoms with E-state index < -0.39 is 0 Å². The van der Waals surface area contributed by atoms with E-state index in [0.717, 1.165) is 6.42 Å². The molecule has 0 bridgehead atoms. The van der Waals surface area contributed by atoms with E-state index in [1.54, 1.807) is 0 Å². The van der Waals surface area contributed by atoms with E-state index in [4.69, 9.17) is 0 Å². The lowest BCUT2D eigenvalue weighted by atomic mass is 9.99. The third-order valence-corrected chi connectivity index (χ3v) is 4.99. The summed E-state index contributed by atoms with van der Waals surface area (Å²) in [4.78, 5) is 0. The minimum Gasteiger partial charge on any atom is -0.0801 e. The van der Waals surface area contributed by atoms with Crippen LogP contribution in [0.3, 0.4) is 0 Å². The first-order valence-corrected chi connectivity index (χ1v) is 10.0. The zero-order chi connectivity index (χ0) is 19.7. The third kappa shape index (κ3) is 5.00. The molecule has 0 spiro atoms. The molecule has 4 aromatic rings. The van der Waals surface area contributed by atoms with Crippen molar-refractivity contribution in [1.82, 2.24) is 0 Å². The van der Waals surface area contributed by atoms with E-state index in [0.29, 0.717) is 0 Å². The van der Waals surface area contributed by atoms with Crippen LogP contribution in [0.2, 0.25) is 0 Å². The average Bonchev–Trinajstić information content (AvgIpc) is 3.37. The smallest absolute Gasteiger partial charge is 0.00884 e. The van der Waals surface area contributed by atoms with E-state index in [1.807, 2.05) is 12.1 Å². The van der Waals surface area contributed by atoms with Crippen LogP contribution < -0.4 is 0 Å². The van der Waals surface area contributed by atoms with Crippen LogP contribution in [-0.4, -0.2) is 0 Å². The summed E-state index contributed by atoms with van der Waals surface area (Å²) in [6.45, 7) is 0. The molecule has 0 aliphatic heterocycles. The molecule has 0 nitrogen and oxygen atoms in total. The predicted molar refractivity (Wildman–Crippen MR) is 125 cm³/mol. The monoisotopic (exact) mass is 372 g/mol. The summed E-state index contributed by atoms with van der Waals surface area (Å²) in [6.07, 6.45) is 7.58. The van der Waals surface area contributed by atoms with Crippen LogP contribution in [0.15, 0.2) is 133 Å². The van der Waals surface area contributed by atoms with Gasteiger partial charge in [0.1, 0.15) is 0 Å². The highest BCUT2D eigenvalue weighted by atomic mass is 14.1. The van der Waals surface area contributed by atoms with Gasteiger partial charge in [-0.05, 0) is 45.9 Å². The molecule has 0 heteroatoms. The molecular weight excluding hydrogens is 348 g/mol. The molecule has 0 saturated heterocycles. The molecule has 140 valence electrons. The number of benzene rings is 4. The maximum atomic E-state index is 2.27. The van der Waals surface area contributed by atoms with E-state index in [1.165, 1.54) is 33.4 Å². The van der Waals surface area contributed by atoms with Crippen LogP contribution in [0.4, 0.5) is 0 Å². The van der Waals surface area contributed by atoms with Gasteiger partial charge in [0.2, 0.25) is 0 Å². The molecule has 0 saturated carbocycles. The van der Waals surface area contributed by atoms with Crippen molar-refractivity contribution in [2.24, 2.45) is 0 Å². The van der Waals surface area contributed by atoms with Crippen molar-refractivity contribution < 1.29 is 0 Å². The molecular formula is C29H24. The average molecular weight is 373 g/mol. The van der Waals surface area contributed by atoms with Crippen LogP contribution in [-0.2, 0) is 0 Å². The second-order valence-electron chi connectivity index (χ2n) is 7.00. The highest BCUT2D eigenvalue weighted by Crippen LogP contribution is 2.27. The molecule has 0 fully saturated rings. The van der Waals surface area contributed by atoms with Crippen molar-refractivity contribution in [2.75, 3.05) is 0 Å². The molecule has 29 heavy (non-hydrogen) atoms. The van der Waals surface area contributed by atoms with Crippen molar-refractivity contribution in [2.45, 2.75) is 6.42 Å². The Hall–Kier alpha value is -3.64. The Morgan fingerprint density at radius 2 is 0.862 bits per heavy atom. The third-order valence-electron chi connectivity index (χ3n) is 4.99. The van der Waals surface area contributed by atoms with E-state index in [9.17, 15) is 0 Å². The number of hydrogen-bond acceptors (Lipinski definition) is 0. The Bertz CT molecular complexity index is 1050. The van der Waals surface area contributed by atoms with Gasteiger partial charge in [0.25, 0.3) is 0 Å². The molecule has 0 unspecified atom stereocenters. The second kappa shape index (κ2) is 9.52. The Balaban J connectivity index is 0.000000150. The number of hydrogen-bond donors (Lipinski definition) is 0. The Morgan fingerprint density at radius 1 is 0.414 bits per heavy atom. The van der Waals surface area contributed by atoms with Gasteiger partial charge < -0.3 is 0 Å². The highest BCUT2D eigenvalue weighted by Gasteiger charge is 2.04. The van der Waals surface area contributed by atoms with Crippen molar-refractivity contribution in [1.29, 1.82) is 0 Å². The van der Waals surface area contributed by atoms with Crippen LogP contribution in [0.5, 0.6) is 0 Å². The Kier molecular flexibility index (Phi) is 6.14. The lowest BCUT2D eigenvalue weighted by Crippen LogP contribution is -1.83. The summed E-state index contributed by atoms with van der Waals surface area (Å²) in [6, 6.07) is 40.1. The van der Waals surface area contributed by atoms with E-state index in [2.05, 4.69) is 121 Å². The summed E-state index contributed by atoms with van der Waals surface area (Å²) in [5.74, 6) is 0. The zero-order valence-corrected chi connectivity index (χ0v) is 16.4. The molecule has 0 aromatic heterocycles. The van der Waals surface area contributed by atoms with E-state index in [-0.39, 0.29) is 0 Å². The summed E-state index contributed by atoms with van der Waals surface area (Å²) in [7, 11) is 0. The quantitative estimate of drug-likeness (QED) is 0.341. The van der Waals surface area contributed by atoms with Crippen molar-refractivity contribution in [3.8, 4) is 22.3 Å². The Labute approximate surface area is 173 Å². The van der Waals surface area contributed by atoms with Crippen molar-refractivity contribution in [3.63, 3.8) is 0 Å². The molecule has 1 aliphatic rings. The van der Waals surface area contributed by atoms with Gasteiger partial charge in [-0.1, -0.05) is 127 Å². The van der Waals surface area contributed by atoms with Crippen molar-refractivity contribution in [3.05, 3.63) is 139 Å². The lowest BCUT2D eigenvalue weighted by molar-refractivity contribution is 1.43. The predicted octanol–water partition coefficient (Wildman–Crippen LogP) is 8.05. The molecule has 0 N–H and O–H groups in total. The first-order valence-electron chi connectivity index (χ1n) is 10.0. The topological polar surface area (TPSA) is 0 Å². The summed E-state index contributed by atoms with van der Waals surface area (Å²) >= 11 is 0. The fraction of sp³-hybridized carbons (Fsp3) is 0.0345. The molecule has 0 heterocycles. The zero-order valence-electron chi connectivity index (χ0n) is 16.4. The van der Waals surface area contributed by atoms with Gasteiger partial charge >= 0.3 is 0 Å². The van der Waals surface area contributed by atoms with Gasteiger partial charge in [-0.25, -0.2) is 0 Å². The molecule has 4 aromatic carbocycles. The van der Waals surface area contributed by atoms with Crippen LogP contribution in [0, 0.1) is 0 Å². The van der Waals surface area contributed by atoms with Crippen LogP contribution in [0.1, 0.15) is 12.0 Å². The number of rotatable bonds is 3. The highest BCUT2D eigenvalue weighted by molar-refractivity contribution is 5.75. The standard InChI is InChI=1S/C17H14.C12H10/c1-2-7-14(8-3-1)16-11-6-12-17(13-16)15-9-4-5-10-15;1-3-7-11(8-4-1)12-9-5-2-6-10-12/h1-9,11-13H,10H2;1-10H. The summed E-state index contributed by atoms with van der Waals surface area (Å²) < 4.78 is 0. The maximum absolute atomic E-state index is 2.27. The minimum atomic E-state index is 1.05. The Morgan fingerprint density at radius 3 is 1.34 bits per heavy atom. The SMILES string of the molecule is C1=CCC(c2cccc(-c3ccccc3)c2)=C1.c1ccc(-c2ccccc2)cc1. The van der Waals surface area contributed by atoms with Gasteiger partial charge in [-0.2, -0.15) is 0 Å². The lowest BCUT2D eigenvalue weighted by Gasteiger charge is -2.06. The first-order chi connectivity index (χ1) is 14.4. The van der Waals surface area contributed by atoms with Crippen LogP contribution >= 0.6 is 0 Å². The van der Waals surface area contributed by atoms with E-state index >= 15 is 0 Å². The summed E-state index contributed by atoms with van der Waals surface area (Å²) in [5, 5.41) is 0. The van der Waals surface area contributed by atoms with Gasteiger partial charge in [-0.15, -0.1) is 0 Å². The normalized spacial score (nSPS) is 12.1. The second-order valence-corrected chi connectivity index (χ2v) is 7.00. The largest absolute Gasteiger partial charge is 0.0801 e. The molecule has 0 atom stereocenters. The molecule has 1 aliphatic carbocycles. The maximum Gasteiger partial charge on any atom is -0.00884 e. The fourth-order valence-electron chi connectivity index (χ4n) is 3.45. The van der Waals surface area contributed by atoms with Gasteiger partial charge in [0.15, 0.2) is 0 Å². The minimum absolute atomic E-state index is 1.05. The number of allylic oxidation sites excluding steroid dienone is 4. The van der Waals surface area contributed by atoms with Gasteiger partial charge in [0, 0.05) is 0 Å². The first kappa shape index (κ1) is 18.7. The van der Waals surface area contributed by atoms with Gasteiger partial charge in [-0.3, -0.25) is 0 Å². The van der Waals surface area contributed by atoms with Gasteiger partial charge in [0.05, 0.1) is 0 Å². The molecule has 5 rings (SSSR count). The molecule has 0 amide bonds. The van der Waals surface area contributed by atoms with Crippen LogP contribution in [0.25, 0.3) is 27.8 Å². The molecule has 0 radical (unpaired) electrons. The summed E-state index contributed by atoms with van der Waals surface area (Å²) in [5.41, 5.74) is 7.85. The fourth-order valence-corrected chi connectivity index (χ4v) is 3.45. The van der Waals surface area contributed by atoms with Crippen molar-refractivity contribution >= 4 is 5.57 Å².